The van der Waals surface area contributed by atoms with Crippen LogP contribution in [0.2, 0.25) is 5.22 Å². The average Bonchev–Trinajstić information content (AvgIpc) is 2.61. The summed E-state index contributed by atoms with van der Waals surface area (Å²) >= 11 is 5.67. The summed E-state index contributed by atoms with van der Waals surface area (Å²) < 4.78 is 5.26. The first-order chi connectivity index (χ1) is 6.23. The Bertz CT molecular complexity index is 334. The lowest BCUT2D eigenvalue weighted by atomic mass is 10.1. The first-order valence-corrected chi connectivity index (χ1v) is 5.09. The molecule has 2 fully saturated rings. The van der Waals surface area contributed by atoms with E-state index in [1.807, 2.05) is 0 Å². The van der Waals surface area contributed by atoms with Crippen LogP contribution in [0.15, 0.2) is 16.5 Å². The van der Waals surface area contributed by atoms with E-state index in [1.165, 1.54) is 6.42 Å². The molecule has 0 radical (unpaired) electrons. The summed E-state index contributed by atoms with van der Waals surface area (Å²) in [4.78, 5) is 0. The third-order valence-corrected chi connectivity index (χ3v) is 3.71. The third-order valence-electron chi connectivity index (χ3n) is 3.51. The topological polar surface area (TPSA) is 33.4 Å². The second kappa shape index (κ2) is 2.31. The van der Waals surface area contributed by atoms with E-state index in [0.29, 0.717) is 22.8 Å². The standard InChI is InChI=1S/C10H11ClO2/c11-9-5-4-8(13-9)10(12)6-2-1-3-7(6)10/h4-7,12H,1-3H2. The quantitative estimate of drug-likeness (QED) is 0.753. The van der Waals surface area contributed by atoms with Gasteiger partial charge in [-0.25, -0.2) is 0 Å². The highest BCUT2D eigenvalue weighted by molar-refractivity contribution is 6.28. The fourth-order valence-corrected chi connectivity index (χ4v) is 2.96. The van der Waals surface area contributed by atoms with E-state index in [0.717, 1.165) is 12.8 Å². The van der Waals surface area contributed by atoms with Crippen LogP contribution in [0.1, 0.15) is 25.0 Å². The predicted octanol–water partition coefficient (Wildman–Crippen LogP) is 2.55. The van der Waals surface area contributed by atoms with Gasteiger partial charge in [0.15, 0.2) is 5.22 Å². The number of furan rings is 1. The smallest absolute Gasteiger partial charge is 0.193 e. The van der Waals surface area contributed by atoms with Gasteiger partial charge in [0, 0.05) is 11.8 Å². The van der Waals surface area contributed by atoms with Gasteiger partial charge in [0.25, 0.3) is 0 Å². The van der Waals surface area contributed by atoms with Gasteiger partial charge in [-0.1, -0.05) is 6.42 Å². The molecule has 2 atom stereocenters. The normalized spacial score (nSPS) is 42.0. The molecular weight excluding hydrogens is 188 g/mol. The molecule has 0 bridgehead atoms. The van der Waals surface area contributed by atoms with Gasteiger partial charge in [-0.05, 0) is 36.6 Å². The number of halogens is 1. The molecule has 1 aromatic rings. The summed E-state index contributed by atoms with van der Waals surface area (Å²) in [7, 11) is 0. The molecule has 0 aromatic carbocycles. The summed E-state index contributed by atoms with van der Waals surface area (Å²) in [6, 6.07) is 3.49. The molecule has 1 heterocycles. The molecule has 13 heavy (non-hydrogen) atoms. The van der Waals surface area contributed by atoms with E-state index in [2.05, 4.69) is 0 Å². The molecule has 70 valence electrons. The van der Waals surface area contributed by atoms with Crippen LogP contribution in [0.25, 0.3) is 0 Å². The first kappa shape index (κ1) is 7.89. The van der Waals surface area contributed by atoms with Crippen LogP contribution in [-0.2, 0) is 5.60 Å². The maximum atomic E-state index is 10.2. The van der Waals surface area contributed by atoms with Crippen molar-refractivity contribution in [3.8, 4) is 0 Å². The molecule has 2 aliphatic carbocycles. The number of rotatable bonds is 1. The highest BCUT2D eigenvalue weighted by Gasteiger charge is 2.68. The van der Waals surface area contributed by atoms with Gasteiger partial charge in [0.05, 0.1) is 0 Å². The van der Waals surface area contributed by atoms with Crippen molar-refractivity contribution in [3.05, 3.63) is 23.1 Å². The van der Waals surface area contributed by atoms with Crippen LogP contribution < -0.4 is 0 Å². The zero-order valence-electron chi connectivity index (χ0n) is 7.16. The Balaban J connectivity index is 1.95. The lowest BCUT2D eigenvalue weighted by Gasteiger charge is -2.10. The molecule has 1 aromatic heterocycles. The molecule has 0 saturated heterocycles. The zero-order valence-corrected chi connectivity index (χ0v) is 7.92. The monoisotopic (exact) mass is 198 g/mol. The average molecular weight is 199 g/mol. The van der Waals surface area contributed by atoms with E-state index >= 15 is 0 Å². The Morgan fingerprint density at radius 1 is 1.38 bits per heavy atom. The Morgan fingerprint density at radius 2 is 2.08 bits per heavy atom. The number of hydrogen-bond acceptors (Lipinski definition) is 2. The van der Waals surface area contributed by atoms with Crippen molar-refractivity contribution in [3.63, 3.8) is 0 Å². The minimum atomic E-state index is -0.675. The van der Waals surface area contributed by atoms with E-state index in [4.69, 9.17) is 16.0 Å². The van der Waals surface area contributed by atoms with Crippen molar-refractivity contribution >= 4 is 11.6 Å². The Kier molecular flexibility index (Phi) is 1.40. The summed E-state index contributed by atoms with van der Waals surface area (Å²) in [6.45, 7) is 0. The second-order valence-corrected chi connectivity index (χ2v) is 4.45. The largest absolute Gasteiger partial charge is 0.447 e. The third kappa shape index (κ3) is 0.878. The molecule has 1 N–H and O–H groups in total. The summed E-state index contributed by atoms with van der Waals surface area (Å²) in [5.74, 6) is 1.51. The van der Waals surface area contributed by atoms with Crippen LogP contribution in [-0.4, -0.2) is 5.11 Å². The van der Waals surface area contributed by atoms with E-state index in [-0.39, 0.29) is 0 Å². The Morgan fingerprint density at radius 3 is 2.62 bits per heavy atom. The van der Waals surface area contributed by atoms with Crippen molar-refractivity contribution in [2.45, 2.75) is 24.9 Å². The maximum Gasteiger partial charge on any atom is 0.193 e. The number of fused-ring (bicyclic) bond motifs is 1. The van der Waals surface area contributed by atoms with Gasteiger partial charge in [-0.3, -0.25) is 0 Å². The van der Waals surface area contributed by atoms with E-state index in [9.17, 15) is 5.11 Å². The molecule has 0 spiro atoms. The predicted molar refractivity (Wildman–Crippen MR) is 48.4 cm³/mol. The molecule has 3 rings (SSSR count). The molecule has 3 heteroatoms. The van der Waals surface area contributed by atoms with Gasteiger partial charge in [0.2, 0.25) is 0 Å². The highest BCUT2D eigenvalue weighted by atomic mass is 35.5. The van der Waals surface area contributed by atoms with Crippen molar-refractivity contribution in [2.24, 2.45) is 11.8 Å². The van der Waals surface area contributed by atoms with Gasteiger partial charge >= 0.3 is 0 Å². The second-order valence-electron chi connectivity index (χ2n) is 4.07. The summed E-state index contributed by atoms with van der Waals surface area (Å²) in [6.07, 6.45) is 3.49. The number of aliphatic hydroxyl groups is 1. The minimum absolute atomic E-state index is 0.369. The van der Waals surface area contributed by atoms with Crippen LogP contribution in [0, 0.1) is 11.8 Å². The lowest BCUT2D eigenvalue weighted by molar-refractivity contribution is 0.0807. The molecular formula is C10H11ClO2. The molecule has 0 amide bonds. The summed E-state index contributed by atoms with van der Waals surface area (Å²) in [5, 5.41) is 10.6. The minimum Gasteiger partial charge on any atom is -0.447 e. The first-order valence-electron chi connectivity index (χ1n) is 4.71. The molecule has 2 aliphatic rings. The highest BCUT2D eigenvalue weighted by Crippen LogP contribution is 2.66. The zero-order chi connectivity index (χ0) is 9.05. The maximum absolute atomic E-state index is 10.2. The van der Waals surface area contributed by atoms with Gasteiger partial charge in [-0.2, -0.15) is 0 Å². The SMILES string of the molecule is OC1(c2ccc(Cl)o2)C2CCCC21. The van der Waals surface area contributed by atoms with Crippen molar-refractivity contribution in [2.75, 3.05) is 0 Å². The Hall–Kier alpha value is -0.470. The van der Waals surface area contributed by atoms with E-state index < -0.39 is 5.60 Å². The van der Waals surface area contributed by atoms with Crippen LogP contribution in [0.4, 0.5) is 0 Å². The lowest BCUT2D eigenvalue weighted by Crippen LogP contribution is -2.11. The molecule has 2 saturated carbocycles. The Labute approximate surface area is 81.5 Å². The molecule has 2 nitrogen and oxygen atoms in total. The van der Waals surface area contributed by atoms with Crippen LogP contribution in [0.5, 0.6) is 0 Å². The van der Waals surface area contributed by atoms with Crippen molar-refractivity contribution in [1.29, 1.82) is 0 Å². The van der Waals surface area contributed by atoms with Gasteiger partial charge < -0.3 is 9.52 Å². The number of hydrogen-bond donors (Lipinski definition) is 1. The fourth-order valence-electron chi connectivity index (χ4n) is 2.82. The fraction of sp³-hybridized carbons (Fsp3) is 0.600. The van der Waals surface area contributed by atoms with Crippen molar-refractivity contribution in [1.82, 2.24) is 0 Å². The van der Waals surface area contributed by atoms with Crippen molar-refractivity contribution < 1.29 is 9.52 Å². The molecule has 2 unspecified atom stereocenters. The van der Waals surface area contributed by atoms with Gasteiger partial charge in [0.1, 0.15) is 11.4 Å². The summed E-state index contributed by atoms with van der Waals surface area (Å²) in [5.41, 5.74) is -0.675. The van der Waals surface area contributed by atoms with Crippen LogP contribution >= 0.6 is 11.6 Å². The van der Waals surface area contributed by atoms with E-state index in [1.54, 1.807) is 12.1 Å². The van der Waals surface area contributed by atoms with Gasteiger partial charge in [-0.15, -0.1) is 0 Å². The van der Waals surface area contributed by atoms with Crippen LogP contribution in [0.3, 0.4) is 0 Å². The molecule has 0 aliphatic heterocycles.